The molecule has 4 aromatic rings. The molecule has 3 heterocycles. The molecule has 10 heteroatoms. The molecule has 0 aliphatic carbocycles. The summed E-state index contributed by atoms with van der Waals surface area (Å²) in [5, 5.41) is 23.3. The number of likely N-dealkylation sites (tertiary alicyclic amines) is 1. The van der Waals surface area contributed by atoms with Gasteiger partial charge in [0.2, 0.25) is 5.91 Å². The first kappa shape index (κ1) is 30.3. The van der Waals surface area contributed by atoms with E-state index in [0.29, 0.717) is 24.4 Å². The topological polar surface area (TPSA) is 123 Å². The second-order valence-corrected chi connectivity index (χ2v) is 12.0. The molecule has 0 spiro atoms. The number of aromatic hydroxyl groups is 2. The Labute approximate surface area is 265 Å². The molecule has 1 atom stereocenters. The number of rotatable bonds is 8. The Balaban J connectivity index is 1.20. The van der Waals surface area contributed by atoms with Gasteiger partial charge in [-0.25, -0.2) is 0 Å². The van der Waals surface area contributed by atoms with Gasteiger partial charge in [0.25, 0.3) is 5.91 Å². The smallest absolute Gasteiger partial charge is 0.287 e. The lowest BCUT2D eigenvalue weighted by Crippen LogP contribution is -2.37. The van der Waals surface area contributed by atoms with Crippen molar-refractivity contribution in [1.82, 2.24) is 10.2 Å². The van der Waals surface area contributed by atoms with Crippen molar-refractivity contribution in [1.29, 1.82) is 0 Å². The zero-order valence-electron chi connectivity index (χ0n) is 24.7. The molecule has 3 N–H and O–H groups in total. The number of nitrogens with zero attached hydrogens (tertiary/aromatic N) is 2. The Hall–Kier alpha value is -4.76. The molecule has 232 valence electrons. The summed E-state index contributed by atoms with van der Waals surface area (Å²) < 4.78 is 5.67. The summed E-state index contributed by atoms with van der Waals surface area (Å²) in [6, 6.07) is 18.6. The first-order valence-electron chi connectivity index (χ1n) is 15.1. The van der Waals surface area contributed by atoms with Crippen molar-refractivity contribution in [3.63, 3.8) is 0 Å². The van der Waals surface area contributed by atoms with Gasteiger partial charge in [0, 0.05) is 55.4 Å². The summed E-state index contributed by atoms with van der Waals surface area (Å²) in [5.74, 6) is -1.45. The molecular weight excluding hydrogens is 594 g/mol. The SMILES string of the molecule is O=C(N[C@@H](C=C1CCN(c2ccccc2CN2CCCC2=O)CC1)Cc1ccc(Cl)cc1)c1cc(=O)c2cc(O)c(O)cc2o1. The number of phenolic OH excluding ortho intramolecular Hbond substituents is 2. The molecule has 2 amide bonds. The summed E-state index contributed by atoms with van der Waals surface area (Å²) in [7, 11) is 0. The number of anilines is 1. The largest absolute Gasteiger partial charge is 0.504 e. The third kappa shape index (κ3) is 6.99. The summed E-state index contributed by atoms with van der Waals surface area (Å²) >= 11 is 6.10. The van der Waals surface area contributed by atoms with Gasteiger partial charge >= 0.3 is 0 Å². The van der Waals surface area contributed by atoms with E-state index in [2.05, 4.69) is 28.4 Å². The molecule has 6 rings (SSSR count). The van der Waals surface area contributed by atoms with E-state index in [9.17, 15) is 24.6 Å². The van der Waals surface area contributed by atoms with Gasteiger partial charge < -0.3 is 29.7 Å². The molecule has 0 unspecified atom stereocenters. The van der Waals surface area contributed by atoms with Gasteiger partial charge in [-0.05, 0) is 61.1 Å². The lowest BCUT2D eigenvalue weighted by Gasteiger charge is -2.33. The molecule has 0 radical (unpaired) electrons. The number of phenols is 2. The van der Waals surface area contributed by atoms with Gasteiger partial charge in [-0.2, -0.15) is 0 Å². The van der Waals surface area contributed by atoms with Gasteiger partial charge in [-0.1, -0.05) is 53.6 Å². The Kier molecular flexibility index (Phi) is 8.80. The van der Waals surface area contributed by atoms with E-state index in [-0.39, 0.29) is 22.6 Å². The Morgan fingerprint density at radius 1 is 0.956 bits per heavy atom. The number of fused-ring (bicyclic) bond motifs is 1. The van der Waals surface area contributed by atoms with Crippen LogP contribution >= 0.6 is 11.6 Å². The molecule has 3 aromatic carbocycles. The van der Waals surface area contributed by atoms with Crippen LogP contribution in [0.5, 0.6) is 11.5 Å². The highest BCUT2D eigenvalue weighted by molar-refractivity contribution is 6.30. The first-order valence-corrected chi connectivity index (χ1v) is 15.5. The third-order valence-corrected chi connectivity index (χ3v) is 8.69. The van der Waals surface area contributed by atoms with Crippen molar-refractivity contribution in [2.45, 2.75) is 44.7 Å². The number of amides is 2. The summed E-state index contributed by atoms with van der Waals surface area (Å²) in [6.45, 7) is 3.02. The van der Waals surface area contributed by atoms with Crippen LogP contribution in [-0.2, 0) is 17.8 Å². The maximum atomic E-state index is 13.4. The van der Waals surface area contributed by atoms with E-state index in [4.69, 9.17) is 16.0 Å². The second kappa shape index (κ2) is 13.1. The van der Waals surface area contributed by atoms with Crippen LogP contribution in [0, 0.1) is 0 Å². The number of piperidine rings is 1. The Morgan fingerprint density at radius 2 is 1.69 bits per heavy atom. The van der Waals surface area contributed by atoms with Crippen LogP contribution in [0.25, 0.3) is 11.0 Å². The molecule has 2 fully saturated rings. The highest BCUT2D eigenvalue weighted by atomic mass is 35.5. The maximum absolute atomic E-state index is 13.4. The predicted octanol–water partition coefficient (Wildman–Crippen LogP) is 5.55. The molecule has 45 heavy (non-hydrogen) atoms. The Morgan fingerprint density at radius 3 is 2.42 bits per heavy atom. The van der Waals surface area contributed by atoms with Crippen molar-refractivity contribution >= 4 is 40.1 Å². The number of hydrogen-bond acceptors (Lipinski definition) is 7. The average molecular weight is 628 g/mol. The minimum absolute atomic E-state index is 0.00249. The number of benzene rings is 3. The fourth-order valence-electron chi connectivity index (χ4n) is 6.07. The van der Waals surface area contributed by atoms with Gasteiger partial charge in [-0.3, -0.25) is 14.4 Å². The highest BCUT2D eigenvalue weighted by Crippen LogP contribution is 2.30. The number of nitrogens with one attached hydrogen (secondary N) is 1. The third-order valence-electron chi connectivity index (χ3n) is 8.44. The zero-order chi connectivity index (χ0) is 31.5. The standard InChI is InChI=1S/C35H34ClN3O6/c36-25-9-7-22(8-10-25)16-26(37-35(44)33-19-29(40)27-18-30(41)31(42)20-32(27)45-33)17-23-11-14-38(15-12-23)28-5-2-1-4-24(28)21-39-13-3-6-34(39)43/h1-2,4-5,7-10,17-20,26,41-42H,3,6,11-16,21H2,(H,37,44)/t26-/m1/s1. The molecule has 2 aliphatic rings. The fraction of sp³-hybridized carbons (Fsp3) is 0.286. The monoisotopic (exact) mass is 627 g/mol. The van der Waals surface area contributed by atoms with Crippen LogP contribution in [0.3, 0.4) is 0 Å². The van der Waals surface area contributed by atoms with Crippen molar-refractivity contribution in [3.8, 4) is 11.5 Å². The van der Waals surface area contributed by atoms with Crippen LogP contribution in [0.15, 0.2) is 87.6 Å². The van der Waals surface area contributed by atoms with Crippen molar-refractivity contribution in [2.75, 3.05) is 24.5 Å². The minimum atomic E-state index is -0.569. The number of hydrogen-bond donors (Lipinski definition) is 3. The molecule has 0 saturated carbocycles. The summed E-state index contributed by atoms with van der Waals surface area (Å²) in [5.41, 5.74) is 3.97. The number of carbonyl (C=O) groups is 2. The second-order valence-electron chi connectivity index (χ2n) is 11.6. The van der Waals surface area contributed by atoms with E-state index < -0.39 is 28.9 Å². The molecular formula is C35H34ClN3O6. The lowest BCUT2D eigenvalue weighted by atomic mass is 9.97. The molecule has 9 nitrogen and oxygen atoms in total. The maximum Gasteiger partial charge on any atom is 0.287 e. The van der Waals surface area contributed by atoms with E-state index >= 15 is 0 Å². The van der Waals surface area contributed by atoms with E-state index in [1.54, 1.807) is 12.1 Å². The predicted molar refractivity (Wildman–Crippen MR) is 173 cm³/mol. The molecule has 1 aromatic heterocycles. The van der Waals surface area contributed by atoms with Crippen LogP contribution < -0.4 is 15.6 Å². The number of carbonyl (C=O) groups excluding carboxylic acids is 2. The normalized spacial score (nSPS) is 15.8. The minimum Gasteiger partial charge on any atom is -0.504 e. The number of halogens is 1. The molecule has 2 aliphatic heterocycles. The summed E-state index contributed by atoms with van der Waals surface area (Å²) in [4.78, 5) is 42.6. The number of para-hydroxylation sites is 1. The van der Waals surface area contributed by atoms with Crippen LogP contribution in [-0.4, -0.2) is 52.6 Å². The van der Waals surface area contributed by atoms with E-state index in [1.165, 1.54) is 5.57 Å². The average Bonchev–Trinajstić information content (AvgIpc) is 3.43. The van der Waals surface area contributed by atoms with Crippen molar-refractivity contribution in [2.24, 2.45) is 0 Å². The molecule has 0 bridgehead atoms. The van der Waals surface area contributed by atoms with E-state index in [0.717, 1.165) is 73.9 Å². The van der Waals surface area contributed by atoms with Gasteiger partial charge in [0.15, 0.2) is 22.7 Å². The van der Waals surface area contributed by atoms with Gasteiger partial charge in [-0.15, -0.1) is 0 Å². The van der Waals surface area contributed by atoms with Gasteiger partial charge in [0.1, 0.15) is 5.58 Å². The molecule has 2 saturated heterocycles. The van der Waals surface area contributed by atoms with Crippen molar-refractivity contribution < 1.29 is 24.2 Å². The summed E-state index contributed by atoms with van der Waals surface area (Å²) in [6.07, 6.45) is 5.72. The Bertz CT molecular complexity index is 1820. The quantitative estimate of drug-likeness (QED) is 0.173. The van der Waals surface area contributed by atoms with Crippen molar-refractivity contribution in [3.05, 3.63) is 111 Å². The van der Waals surface area contributed by atoms with E-state index in [1.807, 2.05) is 29.2 Å². The van der Waals surface area contributed by atoms with Crippen LogP contribution in [0.1, 0.15) is 47.4 Å². The first-order chi connectivity index (χ1) is 21.7. The van der Waals surface area contributed by atoms with Gasteiger partial charge in [0.05, 0.1) is 11.4 Å². The van der Waals surface area contributed by atoms with Crippen LogP contribution in [0.4, 0.5) is 5.69 Å². The zero-order valence-corrected chi connectivity index (χ0v) is 25.4. The lowest BCUT2D eigenvalue weighted by molar-refractivity contribution is -0.128. The highest BCUT2D eigenvalue weighted by Gasteiger charge is 2.24. The van der Waals surface area contributed by atoms with Crippen LogP contribution in [0.2, 0.25) is 5.02 Å². The fourth-order valence-corrected chi connectivity index (χ4v) is 6.20.